The standard InChI is InChI=1S/C17H19N3O3S.ClH/c1-3-22-13-6-4-5-11-7-14(23-16(11)13)10(2)19-17(21)12-9-24-15(8-18)20-12;/h4-7,9-10H,3,8,18H2,1-2H3,(H,19,21);1H. The number of furan rings is 1. The van der Waals surface area contributed by atoms with Gasteiger partial charge in [0.25, 0.3) is 5.91 Å². The topological polar surface area (TPSA) is 90.4 Å². The molecule has 0 saturated heterocycles. The molecule has 0 bridgehead atoms. The van der Waals surface area contributed by atoms with Crippen molar-refractivity contribution in [3.8, 4) is 5.75 Å². The monoisotopic (exact) mass is 381 g/mol. The molecule has 3 rings (SSSR count). The minimum Gasteiger partial charge on any atom is -0.490 e. The molecule has 1 aromatic carbocycles. The van der Waals surface area contributed by atoms with Gasteiger partial charge in [0.1, 0.15) is 16.5 Å². The van der Waals surface area contributed by atoms with E-state index >= 15 is 0 Å². The van der Waals surface area contributed by atoms with Gasteiger partial charge in [-0.15, -0.1) is 23.7 Å². The SMILES string of the molecule is CCOc1cccc2cc(C(C)NC(=O)c3csc(CN)n3)oc12.Cl. The fourth-order valence-electron chi connectivity index (χ4n) is 2.39. The molecule has 2 heterocycles. The van der Waals surface area contributed by atoms with E-state index in [9.17, 15) is 4.79 Å². The first-order chi connectivity index (χ1) is 11.6. The molecular weight excluding hydrogens is 362 g/mol. The highest BCUT2D eigenvalue weighted by Gasteiger charge is 2.18. The molecule has 1 amide bonds. The molecule has 3 N–H and O–H groups in total. The van der Waals surface area contributed by atoms with Crippen molar-refractivity contribution in [2.45, 2.75) is 26.4 Å². The zero-order chi connectivity index (χ0) is 17.1. The van der Waals surface area contributed by atoms with Crippen LogP contribution in [0.2, 0.25) is 0 Å². The summed E-state index contributed by atoms with van der Waals surface area (Å²) in [6.45, 7) is 4.69. The smallest absolute Gasteiger partial charge is 0.271 e. The summed E-state index contributed by atoms with van der Waals surface area (Å²) in [7, 11) is 0. The summed E-state index contributed by atoms with van der Waals surface area (Å²) >= 11 is 1.38. The first kappa shape index (κ1) is 19.2. The summed E-state index contributed by atoms with van der Waals surface area (Å²) in [5, 5.41) is 6.27. The predicted octanol–water partition coefficient (Wildman–Crippen LogP) is 3.66. The van der Waals surface area contributed by atoms with E-state index in [1.165, 1.54) is 11.3 Å². The van der Waals surface area contributed by atoms with Crippen molar-refractivity contribution in [2.75, 3.05) is 6.61 Å². The Balaban J connectivity index is 0.00000225. The number of nitrogens with zero attached hydrogens (tertiary/aromatic N) is 1. The number of halogens is 1. The van der Waals surface area contributed by atoms with Crippen molar-refractivity contribution in [1.29, 1.82) is 0 Å². The van der Waals surface area contributed by atoms with Crippen molar-refractivity contribution in [2.24, 2.45) is 5.73 Å². The van der Waals surface area contributed by atoms with Crippen LogP contribution in [0.4, 0.5) is 0 Å². The van der Waals surface area contributed by atoms with Gasteiger partial charge in [-0.05, 0) is 26.0 Å². The molecule has 8 heteroatoms. The maximum atomic E-state index is 12.3. The third kappa shape index (κ3) is 4.12. The van der Waals surface area contributed by atoms with E-state index in [-0.39, 0.29) is 24.4 Å². The molecule has 1 atom stereocenters. The average molecular weight is 382 g/mol. The summed E-state index contributed by atoms with van der Waals surface area (Å²) in [6, 6.07) is 7.36. The Bertz CT molecular complexity index is 862. The molecule has 0 radical (unpaired) electrons. The molecule has 25 heavy (non-hydrogen) atoms. The second-order valence-electron chi connectivity index (χ2n) is 5.28. The highest BCUT2D eigenvalue weighted by atomic mass is 35.5. The van der Waals surface area contributed by atoms with Crippen LogP contribution in [0.1, 0.15) is 41.1 Å². The quantitative estimate of drug-likeness (QED) is 0.680. The number of aromatic nitrogens is 1. The number of hydrogen-bond donors (Lipinski definition) is 2. The van der Waals surface area contributed by atoms with Crippen LogP contribution >= 0.6 is 23.7 Å². The van der Waals surface area contributed by atoms with E-state index in [1.54, 1.807) is 5.38 Å². The van der Waals surface area contributed by atoms with Crippen LogP contribution in [0, 0.1) is 0 Å². The number of ether oxygens (including phenoxy) is 1. The number of para-hydroxylation sites is 1. The maximum Gasteiger partial charge on any atom is 0.271 e. The van der Waals surface area contributed by atoms with Gasteiger partial charge >= 0.3 is 0 Å². The number of nitrogens with two attached hydrogens (primary N) is 1. The van der Waals surface area contributed by atoms with Gasteiger partial charge in [0.15, 0.2) is 11.3 Å². The number of nitrogens with one attached hydrogen (secondary N) is 1. The molecule has 0 aliphatic rings. The van der Waals surface area contributed by atoms with E-state index in [2.05, 4.69) is 10.3 Å². The fraction of sp³-hybridized carbons (Fsp3) is 0.294. The molecule has 0 aliphatic heterocycles. The largest absolute Gasteiger partial charge is 0.490 e. The van der Waals surface area contributed by atoms with Gasteiger partial charge in [-0.1, -0.05) is 12.1 Å². The molecule has 0 aliphatic carbocycles. The van der Waals surface area contributed by atoms with Crippen molar-refractivity contribution in [1.82, 2.24) is 10.3 Å². The Kier molecular flexibility index (Phi) is 6.41. The highest BCUT2D eigenvalue weighted by molar-refractivity contribution is 7.09. The lowest BCUT2D eigenvalue weighted by Gasteiger charge is -2.10. The molecule has 0 fully saturated rings. The van der Waals surface area contributed by atoms with Crippen LogP contribution in [-0.4, -0.2) is 17.5 Å². The van der Waals surface area contributed by atoms with Gasteiger partial charge < -0.3 is 20.2 Å². The minimum atomic E-state index is -0.289. The molecule has 2 aromatic heterocycles. The predicted molar refractivity (Wildman–Crippen MR) is 101 cm³/mol. The van der Waals surface area contributed by atoms with Crippen molar-refractivity contribution in [3.05, 3.63) is 46.1 Å². The van der Waals surface area contributed by atoms with Crippen molar-refractivity contribution < 1.29 is 13.9 Å². The zero-order valence-corrected chi connectivity index (χ0v) is 15.6. The van der Waals surface area contributed by atoms with Gasteiger partial charge in [0, 0.05) is 17.3 Å². The second-order valence-corrected chi connectivity index (χ2v) is 6.22. The normalized spacial score (nSPS) is 11.8. The van der Waals surface area contributed by atoms with Crippen molar-refractivity contribution in [3.63, 3.8) is 0 Å². The number of benzene rings is 1. The van der Waals surface area contributed by atoms with Crippen molar-refractivity contribution >= 4 is 40.6 Å². The lowest BCUT2D eigenvalue weighted by atomic mass is 10.2. The Morgan fingerprint density at radius 1 is 1.48 bits per heavy atom. The summed E-state index contributed by atoms with van der Waals surface area (Å²) < 4.78 is 11.5. The lowest BCUT2D eigenvalue weighted by Crippen LogP contribution is -2.26. The van der Waals surface area contributed by atoms with E-state index < -0.39 is 0 Å². The Hall–Kier alpha value is -2.09. The van der Waals surface area contributed by atoms with Crippen LogP contribution in [0.15, 0.2) is 34.1 Å². The van der Waals surface area contributed by atoms with Gasteiger partial charge in [0.05, 0.1) is 12.6 Å². The lowest BCUT2D eigenvalue weighted by molar-refractivity contribution is 0.0931. The number of amides is 1. The molecule has 0 saturated carbocycles. The number of carbonyl (C=O) groups excluding carboxylic acids is 1. The van der Waals surface area contributed by atoms with Gasteiger partial charge in [-0.3, -0.25) is 4.79 Å². The van der Waals surface area contributed by atoms with Gasteiger partial charge in [0.2, 0.25) is 0 Å². The third-order valence-electron chi connectivity index (χ3n) is 3.56. The van der Waals surface area contributed by atoms with Gasteiger partial charge in [-0.2, -0.15) is 0 Å². The number of hydrogen-bond acceptors (Lipinski definition) is 6. The highest BCUT2D eigenvalue weighted by Crippen LogP contribution is 2.31. The molecule has 1 unspecified atom stereocenters. The van der Waals surface area contributed by atoms with Crippen LogP contribution in [0.3, 0.4) is 0 Å². The summed E-state index contributed by atoms with van der Waals surface area (Å²) in [6.07, 6.45) is 0. The first-order valence-corrected chi connectivity index (χ1v) is 8.61. The Morgan fingerprint density at radius 3 is 2.96 bits per heavy atom. The zero-order valence-electron chi connectivity index (χ0n) is 13.9. The summed E-state index contributed by atoms with van der Waals surface area (Å²) in [5.41, 5.74) is 6.59. The van der Waals surface area contributed by atoms with E-state index in [0.717, 1.165) is 10.4 Å². The second kappa shape index (κ2) is 8.33. The van der Waals surface area contributed by atoms with Gasteiger partial charge in [-0.25, -0.2) is 4.98 Å². The number of rotatable bonds is 6. The van der Waals surface area contributed by atoms with E-state index in [1.807, 2.05) is 38.1 Å². The van der Waals surface area contributed by atoms with Crippen LogP contribution in [-0.2, 0) is 6.54 Å². The third-order valence-corrected chi connectivity index (χ3v) is 4.43. The van der Waals surface area contributed by atoms with E-state index in [4.69, 9.17) is 14.9 Å². The molecule has 6 nitrogen and oxygen atoms in total. The molecule has 0 spiro atoms. The Morgan fingerprint density at radius 2 is 2.28 bits per heavy atom. The van der Waals surface area contributed by atoms with Crippen LogP contribution in [0.25, 0.3) is 11.0 Å². The number of fused-ring (bicyclic) bond motifs is 1. The summed E-state index contributed by atoms with van der Waals surface area (Å²) in [5.74, 6) is 1.12. The number of thiazole rings is 1. The Labute approximate surface area is 155 Å². The molecule has 3 aromatic rings. The summed E-state index contributed by atoms with van der Waals surface area (Å²) in [4.78, 5) is 16.5. The fourth-order valence-corrected chi connectivity index (χ4v) is 3.04. The van der Waals surface area contributed by atoms with Crippen LogP contribution in [0.5, 0.6) is 5.75 Å². The average Bonchev–Trinajstić information content (AvgIpc) is 3.22. The maximum absolute atomic E-state index is 12.3. The first-order valence-electron chi connectivity index (χ1n) is 7.73. The van der Waals surface area contributed by atoms with E-state index in [0.29, 0.717) is 35.9 Å². The molecule has 134 valence electrons. The molecular formula is C17H20ClN3O3S. The minimum absolute atomic E-state index is 0. The van der Waals surface area contributed by atoms with Crippen LogP contribution < -0.4 is 15.8 Å². The number of carbonyl (C=O) groups is 1.